The summed E-state index contributed by atoms with van der Waals surface area (Å²) in [4.78, 5) is 12.2. The molecule has 146 valence electrons. The number of hydrogen-bond donors (Lipinski definition) is 1. The van der Waals surface area contributed by atoms with Crippen molar-refractivity contribution in [2.45, 2.75) is 26.2 Å². The number of nitrogens with one attached hydrogen (secondary N) is 1. The Labute approximate surface area is 158 Å². The van der Waals surface area contributed by atoms with Gasteiger partial charge in [-0.05, 0) is 47.9 Å². The SMILES string of the molecule is Cc1ccc(F)cc1CNC(=O)c1cn(Cc2cccc(C(F)(F)F)c2)nn1. The number of nitrogens with zero attached hydrogens (tertiary/aromatic N) is 3. The van der Waals surface area contributed by atoms with Crippen LogP contribution in [0.1, 0.15) is 32.7 Å². The molecule has 0 fully saturated rings. The zero-order valence-electron chi connectivity index (χ0n) is 14.8. The first-order valence-corrected chi connectivity index (χ1v) is 8.32. The Morgan fingerprint density at radius 3 is 2.71 bits per heavy atom. The molecule has 0 spiro atoms. The van der Waals surface area contributed by atoms with Gasteiger partial charge in [-0.25, -0.2) is 9.07 Å². The summed E-state index contributed by atoms with van der Waals surface area (Å²) in [5.74, 6) is -0.916. The Morgan fingerprint density at radius 1 is 1.18 bits per heavy atom. The molecule has 9 heteroatoms. The summed E-state index contributed by atoms with van der Waals surface area (Å²) in [7, 11) is 0. The second-order valence-electron chi connectivity index (χ2n) is 6.25. The van der Waals surface area contributed by atoms with Crippen LogP contribution in [0.2, 0.25) is 0 Å². The second-order valence-corrected chi connectivity index (χ2v) is 6.25. The molecule has 2 aromatic carbocycles. The lowest BCUT2D eigenvalue weighted by atomic mass is 10.1. The molecule has 1 heterocycles. The fourth-order valence-electron chi connectivity index (χ4n) is 2.61. The molecule has 0 saturated carbocycles. The van der Waals surface area contributed by atoms with E-state index in [1.807, 2.05) is 0 Å². The van der Waals surface area contributed by atoms with Crippen LogP contribution in [0.5, 0.6) is 0 Å². The molecular formula is C19H16F4N4O. The highest BCUT2D eigenvalue weighted by molar-refractivity contribution is 5.91. The summed E-state index contributed by atoms with van der Waals surface area (Å²) in [5, 5.41) is 10.1. The van der Waals surface area contributed by atoms with Crippen LogP contribution in [0.25, 0.3) is 0 Å². The summed E-state index contributed by atoms with van der Waals surface area (Å²) < 4.78 is 52.9. The number of rotatable bonds is 5. The number of aromatic nitrogens is 3. The predicted molar refractivity (Wildman–Crippen MR) is 92.9 cm³/mol. The number of carbonyl (C=O) groups excluding carboxylic acids is 1. The summed E-state index contributed by atoms with van der Waals surface area (Å²) in [6.07, 6.45) is -3.09. The molecule has 0 aliphatic heterocycles. The van der Waals surface area contributed by atoms with E-state index in [-0.39, 0.29) is 18.8 Å². The van der Waals surface area contributed by atoms with E-state index in [1.165, 1.54) is 35.1 Å². The second kappa shape index (κ2) is 7.79. The average Bonchev–Trinajstić information content (AvgIpc) is 3.10. The zero-order chi connectivity index (χ0) is 20.3. The molecule has 28 heavy (non-hydrogen) atoms. The molecule has 1 aromatic heterocycles. The first kappa shape index (κ1) is 19.5. The van der Waals surface area contributed by atoms with Crippen molar-refractivity contribution in [1.29, 1.82) is 0 Å². The van der Waals surface area contributed by atoms with Crippen molar-refractivity contribution in [1.82, 2.24) is 20.3 Å². The molecule has 0 bridgehead atoms. The van der Waals surface area contributed by atoms with Gasteiger partial charge in [0.1, 0.15) is 5.82 Å². The van der Waals surface area contributed by atoms with Gasteiger partial charge in [0.2, 0.25) is 0 Å². The topological polar surface area (TPSA) is 59.8 Å². The van der Waals surface area contributed by atoms with E-state index < -0.39 is 23.5 Å². The maximum atomic E-state index is 13.3. The lowest BCUT2D eigenvalue weighted by Gasteiger charge is -2.08. The van der Waals surface area contributed by atoms with E-state index >= 15 is 0 Å². The molecule has 1 N–H and O–H groups in total. The van der Waals surface area contributed by atoms with Gasteiger partial charge in [-0.2, -0.15) is 13.2 Å². The third-order valence-electron chi connectivity index (χ3n) is 4.12. The van der Waals surface area contributed by atoms with Crippen molar-refractivity contribution >= 4 is 5.91 Å². The van der Waals surface area contributed by atoms with Gasteiger partial charge in [0.25, 0.3) is 5.91 Å². The summed E-state index contributed by atoms with van der Waals surface area (Å²) >= 11 is 0. The number of aryl methyl sites for hydroxylation is 1. The van der Waals surface area contributed by atoms with Gasteiger partial charge < -0.3 is 5.32 Å². The molecule has 0 atom stereocenters. The van der Waals surface area contributed by atoms with Crippen LogP contribution < -0.4 is 5.32 Å². The Morgan fingerprint density at radius 2 is 1.96 bits per heavy atom. The molecule has 5 nitrogen and oxygen atoms in total. The van der Waals surface area contributed by atoms with Crippen LogP contribution in [-0.4, -0.2) is 20.9 Å². The molecule has 0 saturated heterocycles. The Bertz CT molecular complexity index is 998. The highest BCUT2D eigenvalue weighted by Gasteiger charge is 2.30. The molecule has 0 unspecified atom stereocenters. The Hall–Kier alpha value is -3.23. The Balaban J connectivity index is 1.65. The zero-order valence-corrected chi connectivity index (χ0v) is 14.8. The minimum Gasteiger partial charge on any atom is -0.347 e. The van der Waals surface area contributed by atoms with E-state index in [0.717, 1.165) is 17.7 Å². The maximum absolute atomic E-state index is 13.3. The molecular weight excluding hydrogens is 376 g/mol. The number of halogens is 4. The smallest absolute Gasteiger partial charge is 0.347 e. The standard InChI is InChI=1S/C19H16F4N4O/c1-12-5-6-16(20)8-14(12)9-24-18(28)17-11-27(26-25-17)10-13-3-2-4-15(7-13)19(21,22)23/h2-8,11H,9-10H2,1H3,(H,24,28). The third kappa shape index (κ3) is 4.73. The highest BCUT2D eigenvalue weighted by atomic mass is 19.4. The largest absolute Gasteiger partial charge is 0.416 e. The first-order valence-electron chi connectivity index (χ1n) is 8.32. The van der Waals surface area contributed by atoms with Gasteiger partial charge in [-0.3, -0.25) is 4.79 Å². The number of hydrogen-bond acceptors (Lipinski definition) is 3. The fraction of sp³-hybridized carbons (Fsp3) is 0.211. The summed E-state index contributed by atoms with van der Waals surface area (Å²) in [6.45, 7) is 1.95. The summed E-state index contributed by atoms with van der Waals surface area (Å²) in [6, 6.07) is 9.13. The van der Waals surface area contributed by atoms with Crippen molar-refractivity contribution < 1.29 is 22.4 Å². The van der Waals surface area contributed by atoms with E-state index in [0.29, 0.717) is 11.1 Å². The van der Waals surface area contributed by atoms with Crippen molar-refractivity contribution in [3.05, 3.63) is 82.4 Å². The number of benzene rings is 2. The van der Waals surface area contributed by atoms with E-state index in [2.05, 4.69) is 15.6 Å². The van der Waals surface area contributed by atoms with Crippen LogP contribution >= 0.6 is 0 Å². The average molecular weight is 392 g/mol. The monoisotopic (exact) mass is 392 g/mol. The van der Waals surface area contributed by atoms with Gasteiger partial charge in [0.05, 0.1) is 18.3 Å². The van der Waals surface area contributed by atoms with E-state index in [1.54, 1.807) is 13.0 Å². The van der Waals surface area contributed by atoms with Gasteiger partial charge >= 0.3 is 6.18 Å². The molecule has 0 aliphatic carbocycles. The maximum Gasteiger partial charge on any atom is 0.416 e. The lowest BCUT2D eigenvalue weighted by molar-refractivity contribution is -0.137. The van der Waals surface area contributed by atoms with Crippen LogP contribution in [0.4, 0.5) is 17.6 Å². The van der Waals surface area contributed by atoms with Crippen LogP contribution in [0, 0.1) is 12.7 Å². The van der Waals surface area contributed by atoms with Gasteiger partial charge in [0, 0.05) is 6.54 Å². The fourth-order valence-corrected chi connectivity index (χ4v) is 2.61. The number of alkyl halides is 3. The molecule has 1 amide bonds. The van der Waals surface area contributed by atoms with Gasteiger partial charge in [0.15, 0.2) is 5.69 Å². The highest BCUT2D eigenvalue weighted by Crippen LogP contribution is 2.29. The van der Waals surface area contributed by atoms with Crippen molar-refractivity contribution in [2.75, 3.05) is 0 Å². The van der Waals surface area contributed by atoms with Crippen molar-refractivity contribution in [2.24, 2.45) is 0 Å². The first-order chi connectivity index (χ1) is 13.2. The van der Waals surface area contributed by atoms with Crippen LogP contribution in [-0.2, 0) is 19.3 Å². The molecule has 3 aromatic rings. The number of carbonyl (C=O) groups is 1. The quantitative estimate of drug-likeness (QED) is 0.674. The number of amides is 1. The van der Waals surface area contributed by atoms with Gasteiger partial charge in [-0.15, -0.1) is 5.10 Å². The normalized spacial score (nSPS) is 11.5. The molecule has 0 radical (unpaired) electrons. The van der Waals surface area contributed by atoms with Gasteiger partial charge in [-0.1, -0.05) is 23.4 Å². The van der Waals surface area contributed by atoms with Crippen LogP contribution in [0.15, 0.2) is 48.7 Å². The molecule has 0 aliphatic rings. The predicted octanol–water partition coefficient (Wildman–Crippen LogP) is 3.72. The lowest BCUT2D eigenvalue weighted by Crippen LogP contribution is -2.23. The van der Waals surface area contributed by atoms with E-state index in [9.17, 15) is 22.4 Å². The Kier molecular flexibility index (Phi) is 5.43. The summed E-state index contributed by atoms with van der Waals surface area (Å²) in [5.41, 5.74) is 1.09. The van der Waals surface area contributed by atoms with E-state index in [4.69, 9.17) is 0 Å². The van der Waals surface area contributed by atoms with Crippen LogP contribution in [0.3, 0.4) is 0 Å². The van der Waals surface area contributed by atoms with Crippen molar-refractivity contribution in [3.8, 4) is 0 Å². The minimum absolute atomic E-state index is 0.0148. The molecule has 3 rings (SSSR count). The minimum atomic E-state index is -4.43. The van der Waals surface area contributed by atoms with Crippen molar-refractivity contribution in [3.63, 3.8) is 0 Å². The third-order valence-corrected chi connectivity index (χ3v) is 4.12.